The van der Waals surface area contributed by atoms with Crippen LogP contribution in [0.1, 0.15) is 29.5 Å². The highest BCUT2D eigenvalue weighted by Gasteiger charge is 2.37. The Morgan fingerprint density at radius 1 is 1.03 bits per heavy atom. The van der Waals surface area contributed by atoms with E-state index in [-0.39, 0.29) is 0 Å². The molecule has 8 nitrogen and oxygen atoms in total. The lowest BCUT2D eigenvalue weighted by atomic mass is 9.82. The second kappa shape index (κ2) is 8.82. The zero-order valence-electron chi connectivity index (χ0n) is 18.9. The molecule has 0 bridgehead atoms. The van der Waals surface area contributed by atoms with Gasteiger partial charge in [-0.15, -0.1) is 0 Å². The van der Waals surface area contributed by atoms with E-state index in [9.17, 15) is 14.4 Å². The summed E-state index contributed by atoms with van der Waals surface area (Å²) in [5.41, 5.74) is 1.88. The molecule has 170 valence electrons. The van der Waals surface area contributed by atoms with Crippen molar-refractivity contribution >= 4 is 11.8 Å². The number of nitrogens with one attached hydrogen (secondary N) is 1. The van der Waals surface area contributed by atoms with Crippen LogP contribution in [0.25, 0.3) is 0 Å². The Hall–Kier alpha value is -4.07. The lowest BCUT2D eigenvalue weighted by Crippen LogP contribution is -2.43. The van der Waals surface area contributed by atoms with Crippen molar-refractivity contribution in [2.75, 3.05) is 12.4 Å². The Labute approximate surface area is 190 Å². The molecule has 0 fully saturated rings. The molecule has 8 heteroatoms. The maximum atomic E-state index is 13.2. The van der Waals surface area contributed by atoms with Crippen molar-refractivity contribution in [2.45, 2.75) is 19.4 Å². The number of carbonyl (C=O) groups is 1. The molecule has 4 rings (SSSR count). The average molecular weight is 447 g/mol. The summed E-state index contributed by atoms with van der Waals surface area (Å²) in [6.45, 7) is 2.10. The van der Waals surface area contributed by atoms with E-state index in [0.717, 1.165) is 10.1 Å². The Morgan fingerprint density at radius 2 is 1.76 bits per heavy atom. The molecule has 33 heavy (non-hydrogen) atoms. The average Bonchev–Trinajstić information content (AvgIpc) is 2.84. The number of nitrogens with zero attached hydrogens (tertiary/aromatic N) is 2. The van der Waals surface area contributed by atoms with Crippen LogP contribution >= 0.6 is 0 Å². The molecule has 1 atom stereocenters. The highest BCUT2D eigenvalue weighted by atomic mass is 16.5. The highest BCUT2D eigenvalue weighted by Crippen LogP contribution is 2.40. The molecule has 0 radical (unpaired) electrons. The van der Waals surface area contributed by atoms with Crippen molar-refractivity contribution in [1.82, 2.24) is 9.13 Å². The number of benzene rings is 2. The molecule has 0 aliphatic carbocycles. The van der Waals surface area contributed by atoms with E-state index in [4.69, 9.17) is 9.47 Å². The lowest BCUT2D eigenvalue weighted by molar-refractivity contribution is -0.136. The van der Waals surface area contributed by atoms with Crippen LogP contribution in [-0.4, -0.2) is 22.2 Å². The zero-order chi connectivity index (χ0) is 23.7. The monoisotopic (exact) mass is 447 g/mol. The van der Waals surface area contributed by atoms with Gasteiger partial charge in [-0.05, 0) is 30.2 Å². The number of anilines is 1. The van der Waals surface area contributed by atoms with Crippen LogP contribution in [0, 0.1) is 0 Å². The van der Waals surface area contributed by atoms with Crippen LogP contribution in [0.5, 0.6) is 5.75 Å². The summed E-state index contributed by atoms with van der Waals surface area (Å²) >= 11 is 0. The minimum Gasteiger partial charge on any atom is -0.489 e. The van der Waals surface area contributed by atoms with Crippen LogP contribution in [-0.2, 0) is 30.2 Å². The van der Waals surface area contributed by atoms with Gasteiger partial charge in [-0.3, -0.25) is 13.9 Å². The first kappa shape index (κ1) is 22.1. The van der Waals surface area contributed by atoms with E-state index in [1.54, 1.807) is 14.0 Å². The van der Waals surface area contributed by atoms with Gasteiger partial charge in [0.25, 0.3) is 5.56 Å². The third-order valence-electron chi connectivity index (χ3n) is 5.83. The van der Waals surface area contributed by atoms with Crippen molar-refractivity contribution in [1.29, 1.82) is 0 Å². The molecule has 3 aromatic rings. The van der Waals surface area contributed by atoms with Crippen molar-refractivity contribution in [3.05, 3.63) is 103 Å². The molecular formula is C25H25N3O5. The molecule has 1 aromatic heterocycles. The standard InChI is InChI=1S/C25H25N3O5/c1-15-19(24(30)32-4)20(21-22(26-15)27(2)25(31)28(3)23(21)29)17-11-8-12-18(13-17)33-14-16-9-6-5-7-10-16/h5-13,20,26H,14H2,1-4H3/t20-/m0/s1. The number of allylic oxidation sites excluding steroid dienone is 1. The normalized spacial score (nSPS) is 15.0. The summed E-state index contributed by atoms with van der Waals surface area (Å²) in [6.07, 6.45) is 0. The Bertz CT molecular complexity index is 1370. The predicted molar refractivity (Wildman–Crippen MR) is 124 cm³/mol. The van der Waals surface area contributed by atoms with Gasteiger partial charge in [-0.2, -0.15) is 0 Å². The molecule has 0 saturated carbocycles. The molecule has 0 unspecified atom stereocenters. The third kappa shape index (κ3) is 3.95. The fourth-order valence-corrected chi connectivity index (χ4v) is 4.13. The number of aromatic nitrogens is 2. The maximum absolute atomic E-state index is 13.2. The van der Waals surface area contributed by atoms with E-state index < -0.39 is 23.1 Å². The van der Waals surface area contributed by atoms with Gasteiger partial charge in [-0.1, -0.05) is 42.5 Å². The van der Waals surface area contributed by atoms with Gasteiger partial charge < -0.3 is 14.8 Å². The number of hydrogen-bond donors (Lipinski definition) is 1. The van der Waals surface area contributed by atoms with Crippen molar-refractivity contribution in [3.63, 3.8) is 0 Å². The van der Waals surface area contributed by atoms with Gasteiger partial charge in [0.1, 0.15) is 18.2 Å². The summed E-state index contributed by atoms with van der Waals surface area (Å²) in [6, 6.07) is 17.0. The van der Waals surface area contributed by atoms with E-state index >= 15 is 0 Å². The second-order valence-corrected chi connectivity index (χ2v) is 7.90. The van der Waals surface area contributed by atoms with Gasteiger partial charge in [0.15, 0.2) is 0 Å². The summed E-state index contributed by atoms with van der Waals surface area (Å²) in [4.78, 5) is 38.5. The molecule has 1 aliphatic rings. The second-order valence-electron chi connectivity index (χ2n) is 7.90. The van der Waals surface area contributed by atoms with E-state index in [1.165, 1.54) is 18.7 Å². The molecule has 2 aromatic carbocycles. The fourth-order valence-electron chi connectivity index (χ4n) is 4.13. The fraction of sp³-hybridized carbons (Fsp3) is 0.240. The molecule has 1 aliphatic heterocycles. The minimum atomic E-state index is -0.737. The number of carbonyl (C=O) groups excluding carboxylic acids is 1. The molecule has 1 N–H and O–H groups in total. The van der Waals surface area contributed by atoms with Crippen molar-refractivity contribution < 1.29 is 14.3 Å². The lowest BCUT2D eigenvalue weighted by Gasteiger charge is -2.30. The van der Waals surface area contributed by atoms with Crippen LogP contribution < -0.4 is 21.3 Å². The molecule has 0 spiro atoms. The smallest absolute Gasteiger partial charge is 0.336 e. The first-order valence-electron chi connectivity index (χ1n) is 10.5. The Balaban J connectivity index is 1.85. The maximum Gasteiger partial charge on any atom is 0.336 e. The van der Waals surface area contributed by atoms with Gasteiger partial charge in [0, 0.05) is 19.8 Å². The molecule has 0 amide bonds. The zero-order valence-corrected chi connectivity index (χ0v) is 18.9. The number of fused-ring (bicyclic) bond motifs is 1. The predicted octanol–water partition coefficient (Wildman–Crippen LogP) is 2.67. The number of esters is 1. The third-order valence-corrected chi connectivity index (χ3v) is 5.83. The van der Waals surface area contributed by atoms with Crippen molar-refractivity contribution in [3.8, 4) is 5.75 Å². The summed E-state index contributed by atoms with van der Waals surface area (Å²) < 4.78 is 13.4. The molecule has 0 saturated heterocycles. The SMILES string of the molecule is COC(=O)C1=C(C)Nc2c(c(=O)n(C)c(=O)n2C)[C@H]1c1cccc(OCc2ccccc2)c1. The topological polar surface area (TPSA) is 91.6 Å². The van der Waals surface area contributed by atoms with Gasteiger partial charge in [-0.25, -0.2) is 9.59 Å². The first-order valence-corrected chi connectivity index (χ1v) is 10.5. The largest absolute Gasteiger partial charge is 0.489 e. The highest BCUT2D eigenvalue weighted by molar-refractivity contribution is 5.94. The Morgan fingerprint density at radius 3 is 2.45 bits per heavy atom. The van der Waals surface area contributed by atoms with Crippen LogP contribution in [0.4, 0.5) is 5.82 Å². The van der Waals surface area contributed by atoms with Crippen molar-refractivity contribution in [2.24, 2.45) is 14.1 Å². The Kier molecular flexibility index (Phi) is 5.91. The summed E-state index contributed by atoms with van der Waals surface area (Å²) in [5, 5.41) is 3.06. The quantitative estimate of drug-likeness (QED) is 0.605. The number of methoxy groups -OCH3 is 1. The molecular weight excluding hydrogens is 422 g/mol. The minimum absolute atomic E-state index is 0.297. The van der Waals surface area contributed by atoms with Gasteiger partial charge >= 0.3 is 11.7 Å². The van der Waals surface area contributed by atoms with E-state index in [0.29, 0.717) is 40.6 Å². The van der Waals surface area contributed by atoms with Crippen LogP contribution in [0.2, 0.25) is 0 Å². The van der Waals surface area contributed by atoms with E-state index in [1.807, 2.05) is 54.6 Å². The van der Waals surface area contributed by atoms with E-state index in [2.05, 4.69) is 5.32 Å². The summed E-state index contributed by atoms with van der Waals surface area (Å²) in [7, 11) is 4.30. The molecule has 2 heterocycles. The summed E-state index contributed by atoms with van der Waals surface area (Å²) in [5.74, 6) is -0.338. The van der Waals surface area contributed by atoms with Gasteiger partial charge in [0.05, 0.1) is 24.2 Å². The number of ether oxygens (including phenoxy) is 2. The van der Waals surface area contributed by atoms with Gasteiger partial charge in [0.2, 0.25) is 0 Å². The number of rotatable bonds is 5. The first-order chi connectivity index (χ1) is 15.8. The van der Waals surface area contributed by atoms with Crippen LogP contribution in [0.15, 0.2) is 75.5 Å². The number of hydrogen-bond acceptors (Lipinski definition) is 6. The van der Waals surface area contributed by atoms with Crippen LogP contribution in [0.3, 0.4) is 0 Å².